The summed E-state index contributed by atoms with van der Waals surface area (Å²) in [5.74, 6) is 0.0973. The van der Waals surface area contributed by atoms with E-state index in [4.69, 9.17) is 21.1 Å². The number of halogens is 1. The number of nitrogens with zero attached hydrogens (tertiary/aromatic N) is 5. The Morgan fingerprint density at radius 3 is 2.27 bits per heavy atom. The van der Waals surface area contributed by atoms with Gasteiger partial charge in [0.1, 0.15) is 34.6 Å². The summed E-state index contributed by atoms with van der Waals surface area (Å²) in [4.78, 5) is 8.34. The fourth-order valence-electron chi connectivity index (χ4n) is 4.37. The van der Waals surface area contributed by atoms with Crippen LogP contribution in [-0.4, -0.2) is 72.5 Å². The molecule has 2 aromatic heterocycles. The summed E-state index contributed by atoms with van der Waals surface area (Å²) in [5, 5.41) is 7.99. The van der Waals surface area contributed by atoms with E-state index < -0.39 is 42.5 Å². The van der Waals surface area contributed by atoms with Gasteiger partial charge in [-0.2, -0.15) is 0 Å². The average Bonchev–Trinajstić information content (AvgIpc) is 3.44. The van der Waals surface area contributed by atoms with Crippen LogP contribution in [0.5, 0.6) is 11.5 Å². The molecule has 0 saturated carbocycles. The molecule has 37 heavy (non-hydrogen) atoms. The second-order valence-electron chi connectivity index (χ2n) is 8.98. The monoisotopic (exact) mass is 569 g/mol. The summed E-state index contributed by atoms with van der Waals surface area (Å²) in [5.41, 5.74) is 0.406. The highest BCUT2D eigenvalue weighted by atomic mass is 35.5. The van der Waals surface area contributed by atoms with Gasteiger partial charge in [0.2, 0.25) is 0 Å². The van der Waals surface area contributed by atoms with Crippen molar-refractivity contribution in [1.82, 2.24) is 24.7 Å². The number of hydrogen-bond acceptors (Lipinski definition) is 10. The van der Waals surface area contributed by atoms with Gasteiger partial charge in [0.05, 0.1) is 36.0 Å². The van der Waals surface area contributed by atoms with Gasteiger partial charge in [-0.05, 0) is 25.5 Å². The highest BCUT2D eigenvalue weighted by molar-refractivity contribution is 7.91. The SMILES string of the molecule is COc1cccc(OC)c1-n1c(CS(=O)(=O)[C@@H](C)[C@H](C)c2ncc(Cl)cn2)nnc1[C@H]1CCS(=O)(=O)C1. The van der Waals surface area contributed by atoms with Crippen molar-refractivity contribution in [3.8, 4) is 17.2 Å². The normalized spacial score (nSPS) is 18.9. The van der Waals surface area contributed by atoms with Crippen molar-refractivity contribution in [2.75, 3.05) is 25.7 Å². The number of rotatable bonds is 9. The maximum Gasteiger partial charge on any atom is 0.160 e. The van der Waals surface area contributed by atoms with Gasteiger partial charge in [0.15, 0.2) is 25.5 Å². The Labute approximate surface area is 221 Å². The summed E-state index contributed by atoms with van der Waals surface area (Å²) in [7, 11) is -4.09. The predicted octanol–water partition coefficient (Wildman–Crippen LogP) is 2.74. The number of ether oxygens (including phenoxy) is 2. The molecule has 3 aromatic rings. The molecule has 3 heterocycles. The number of hydrogen-bond donors (Lipinski definition) is 0. The van der Waals surface area contributed by atoms with Crippen molar-refractivity contribution in [2.24, 2.45) is 0 Å². The first-order valence-electron chi connectivity index (χ1n) is 11.5. The first-order chi connectivity index (χ1) is 17.5. The molecule has 200 valence electrons. The second kappa shape index (κ2) is 10.5. The highest BCUT2D eigenvalue weighted by Crippen LogP contribution is 2.38. The average molecular weight is 570 g/mol. The first kappa shape index (κ1) is 27.3. The summed E-state index contributed by atoms with van der Waals surface area (Å²) in [6.45, 7) is 3.32. The lowest BCUT2D eigenvalue weighted by Gasteiger charge is -2.21. The van der Waals surface area contributed by atoms with Gasteiger partial charge >= 0.3 is 0 Å². The third-order valence-corrected chi connectivity index (χ3v) is 10.8. The van der Waals surface area contributed by atoms with Crippen molar-refractivity contribution >= 4 is 31.3 Å². The molecule has 0 unspecified atom stereocenters. The third kappa shape index (κ3) is 5.58. The zero-order valence-corrected chi connectivity index (χ0v) is 23.2. The van der Waals surface area contributed by atoms with E-state index in [1.807, 2.05) is 0 Å². The number of sulfone groups is 2. The van der Waals surface area contributed by atoms with Crippen molar-refractivity contribution < 1.29 is 26.3 Å². The molecule has 1 aliphatic rings. The smallest absolute Gasteiger partial charge is 0.160 e. The van der Waals surface area contributed by atoms with Gasteiger partial charge in [0, 0.05) is 24.2 Å². The molecule has 0 spiro atoms. The zero-order valence-electron chi connectivity index (χ0n) is 20.8. The Hall–Kier alpha value is -2.77. The van der Waals surface area contributed by atoms with Crippen molar-refractivity contribution in [3.05, 3.63) is 53.1 Å². The number of para-hydroxylation sites is 1. The van der Waals surface area contributed by atoms with Crippen LogP contribution in [0.25, 0.3) is 5.69 Å². The number of methoxy groups -OCH3 is 2. The minimum Gasteiger partial charge on any atom is -0.494 e. The van der Waals surface area contributed by atoms with Crippen LogP contribution >= 0.6 is 11.6 Å². The van der Waals surface area contributed by atoms with Crippen LogP contribution in [-0.2, 0) is 25.4 Å². The molecule has 0 amide bonds. The molecule has 3 atom stereocenters. The summed E-state index contributed by atoms with van der Waals surface area (Å²) >= 11 is 5.87. The molecule has 4 rings (SSSR count). The van der Waals surface area contributed by atoms with E-state index in [1.54, 1.807) is 36.6 Å². The van der Waals surface area contributed by atoms with Crippen LogP contribution < -0.4 is 9.47 Å². The Bertz CT molecular complexity index is 1470. The molecule has 0 aliphatic carbocycles. The summed E-state index contributed by atoms with van der Waals surface area (Å²) in [6, 6.07) is 5.14. The maximum atomic E-state index is 13.6. The molecule has 14 heteroatoms. The molecule has 1 aromatic carbocycles. The van der Waals surface area contributed by atoms with E-state index in [9.17, 15) is 16.8 Å². The van der Waals surface area contributed by atoms with Gasteiger partial charge < -0.3 is 9.47 Å². The Kier molecular flexibility index (Phi) is 7.77. The van der Waals surface area contributed by atoms with E-state index in [2.05, 4.69) is 20.2 Å². The van der Waals surface area contributed by atoms with E-state index in [0.29, 0.717) is 40.3 Å². The predicted molar refractivity (Wildman–Crippen MR) is 138 cm³/mol. The first-order valence-corrected chi connectivity index (χ1v) is 15.4. The quantitative estimate of drug-likeness (QED) is 0.377. The van der Waals surface area contributed by atoms with Crippen LogP contribution in [0.2, 0.25) is 5.02 Å². The summed E-state index contributed by atoms with van der Waals surface area (Å²) in [6.07, 6.45) is 3.20. The van der Waals surface area contributed by atoms with E-state index in [1.165, 1.54) is 26.6 Å². The minimum atomic E-state index is -3.81. The second-order valence-corrected chi connectivity index (χ2v) is 14.0. The Balaban J connectivity index is 1.79. The molecule has 1 fully saturated rings. The molecular formula is C23H28ClN5O6S2. The van der Waals surface area contributed by atoms with E-state index in [-0.39, 0.29) is 17.3 Å². The van der Waals surface area contributed by atoms with Crippen molar-refractivity contribution in [2.45, 2.75) is 43.1 Å². The van der Waals surface area contributed by atoms with Gasteiger partial charge in [-0.3, -0.25) is 4.57 Å². The molecule has 11 nitrogen and oxygen atoms in total. The minimum absolute atomic E-state index is 0.0247. The van der Waals surface area contributed by atoms with Crippen LogP contribution in [0.3, 0.4) is 0 Å². The van der Waals surface area contributed by atoms with Crippen LogP contribution in [0.1, 0.15) is 49.6 Å². The molecule has 1 saturated heterocycles. The lowest BCUT2D eigenvalue weighted by Crippen LogP contribution is -2.27. The topological polar surface area (TPSA) is 143 Å². The largest absolute Gasteiger partial charge is 0.494 e. The molecule has 0 radical (unpaired) electrons. The van der Waals surface area contributed by atoms with E-state index >= 15 is 0 Å². The molecule has 0 bridgehead atoms. The lowest BCUT2D eigenvalue weighted by atomic mass is 10.1. The van der Waals surface area contributed by atoms with Crippen LogP contribution in [0, 0.1) is 0 Å². The van der Waals surface area contributed by atoms with Gasteiger partial charge in [-0.15, -0.1) is 10.2 Å². The van der Waals surface area contributed by atoms with Gasteiger partial charge in [0.25, 0.3) is 0 Å². The Morgan fingerprint density at radius 1 is 1.11 bits per heavy atom. The number of benzene rings is 1. The fourth-order valence-corrected chi connectivity index (χ4v) is 7.76. The highest BCUT2D eigenvalue weighted by Gasteiger charge is 2.37. The molecule has 0 N–H and O–H groups in total. The molecular weight excluding hydrogens is 542 g/mol. The molecule has 1 aliphatic heterocycles. The van der Waals surface area contributed by atoms with Gasteiger partial charge in [-0.25, -0.2) is 26.8 Å². The standard InChI is InChI=1S/C23H28ClN5O6S2/c1-14(22-25-10-17(24)11-26-22)15(2)37(32,33)13-20-27-28-23(16-8-9-36(30,31)12-16)29(20)21-18(34-3)6-5-7-19(21)35-4/h5-7,10-11,14-16H,8-9,12-13H2,1-4H3/t14-,15-,16-/m0/s1. The maximum absolute atomic E-state index is 13.6. The number of aromatic nitrogens is 5. The zero-order chi connectivity index (χ0) is 27.0. The van der Waals surface area contributed by atoms with Crippen molar-refractivity contribution in [1.29, 1.82) is 0 Å². The van der Waals surface area contributed by atoms with Gasteiger partial charge in [-0.1, -0.05) is 24.6 Å². The lowest BCUT2D eigenvalue weighted by molar-refractivity contribution is 0.389. The summed E-state index contributed by atoms with van der Waals surface area (Å²) < 4.78 is 64.3. The van der Waals surface area contributed by atoms with Crippen LogP contribution in [0.4, 0.5) is 0 Å². The third-order valence-electron chi connectivity index (χ3n) is 6.63. The Morgan fingerprint density at radius 2 is 1.73 bits per heavy atom. The van der Waals surface area contributed by atoms with Crippen molar-refractivity contribution in [3.63, 3.8) is 0 Å². The van der Waals surface area contributed by atoms with E-state index in [0.717, 1.165) is 0 Å². The van der Waals surface area contributed by atoms with Crippen LogP contribution in [0.15, 0.2) is 30.6 Å². The fraction of sp³-hybridized carbons (Fsp3) is 0.478.